The Morgan fingerprint density at radius 3 is 0.511 bits per heavy atom. The molecule has 0 saturated heterocycles. The predicted molar refractivity (Wildman–Crippen MR) is 209 cm³/mol. The minimum atomic E-state index is 0. The van der Waals surface area contributed by atoms with Gasteiger partial charge in [0.25, 0.3) is 0 Å². The summed E-state index contributed by atoms with van der Waals surface area (Å²) in [5, 5.41) is 17.7. The monoisotopic (exact) mass is 673 g/mol. The molecule has 0 aromatic heterocycles. The fraction of sp³-hybridized carbons (Fsp3) is 1.00. The number of hydrogen-bond acceptors (Lipinski definition) is 0. The smallest absolute Gasteiger partial charge is 0.662 e. The van der Waals surface area contributed by atoms with E-state index in [0.717, 1.165) is 52.4 Å². The van der Waals surface area contributed by atoms with Crippen LogP contribution in [0.4, 0.5) is 0 Å². The van der Waals surface area contributed by atoms with Crippen molar-refractivity contribution >= 4 is 0 Å². The number of hydrogen-bond donors (Lipinski definition) is 0. The van der Waals surface area contributed by atoms with Gasteiger partial charge in [0.05, 0.1) is 0 Å². The molecule has 0 aliphatic carbocycles. The Kier molecular flexibility index (Phi) is 77.3. The molecular weight excluding hydrogens is 584 g/mol. The van der Waals surface area contributed by atoms with E-state index in [-0.39, 0.29) is 21.7 Å². The van der Waals surface area contributed by atoms with Crippen LogP contribution in [0.3, 0.4) is 0 Å². The molecule has 4 nitrogen and oxygen atoms in total. The zero-order valence-electron chi connectivity index (χ0n) is 32.9. The van der Waals surface area contributed by atoms with Gasteiger partial charge in [-0.25, -0.2) is 0 Å². The first-order chi connectivity index (χ1) is 21.7. The normalized spacial score (nSPS) is 10.1. The van der Waals surface area contributed by atoms with Gasteiger partial charge in [-0.3, -0.25) is 0 Å². The molecule has 5 heteroatoms. The van der Waals surface area contributed by atoms with Crippen molar-refractivity contribution in [1.82, 2.24) is 0 Å². The van der Waals surface area contributed by atoms with Crippen LogP contribution >= 0.6 is 0 Å². The van der Waals surface area contributed by atoms with Gasteiger partial charge in [0.2, 0.25) is 0 Å². The molecule has 0 bridgehead atoms. The molecular formula is C40H88N4Ti. The molecule has 0 fully saturated rings. The maximum atomic E-state index is 4.43. The third kappa shape index (κ3) is 76.1. The SMILES string of the molecule is CCCCCC[N-]CCCC.CCCCCC[N-]CCCC.CCCCCC[N-]CCCC.CCCCCC[N-]CCCC.[Ti+4]. The van der Waals surface area contributed by atoms with Crippen LogP contribution in [0.2, 0.25) is 0 Å². The average Bonchev–Trinajstić information content (AvgIpc) is 3.04. The molecule has 0 aromatic rings. The summed E-state index contributed by atoms with van der Waals surface area (Å²) in [5.41, 5.74) is 0. The molecule has 0 N–H and O–H groups in total. The van der Waals surface area contributed by atoms with E-state index in [9.17, 15) is 0 Å². The molecule has 0 radical (unpaired) electrons. The van der Waals surface area contributed by atoms with E-state index in [1.807, 2.05) is 0 Å². The first-order valence-corrected chi connectivity index (χ1v) is 20.2. The number of nitrogens with zero attached hydrogens (tertiary/aromatic N) is 4. The molecule has 272 valence electrons. The number of unbranched alkanes of at least 4 members (excludes halogenated alkanes) is 16. The van der Waals surface area contributed by atoms with Gasteiger partial charge in [0, 0.05) is 0 Å². The second kappa shape index (κ2) is 63.3. The molecule has 0 amide bonds. The van der Waals surface area contributed by atoms with Crippen LogP contribution in [0.5, 0.6) is 0 Å². The van der Waals surface area contributed by atoms with Gasteiger partial charge in [0.15, 0.2) is 0 Å². The minimum Gasteiger partial charge on any atom is -0.662 e. The van der Waals surface area contributed by atoms with Gasteiger partial charge in [-0.2, -0.15) is 0 Å². The number of rotatable bonds is 32. The first kappa shape index (κ1) is 55.0. The second-order valence-electron chi connectivity index (χ2n) is 12.3. The van der Waals surface area contributed by atoms with Crippen LogP contribution in [0.15, 0.2) is 0 Å². The van der Waals surface area contributed by atoms with Crippen molar-refractivity contribution in [2.75, 3.05) is 52.4 Å². The third-order valence-electron chi connectivity index (χ3n) is 7.36. The summed E-state index contributed by atoms with van der Waals surface area (Å²) in [4.78, 5) is 0. The first-order valence-electron chi connectivity index (χ1n) is 20.2. The maximum Gasteiger partial charge on any atom is 4.00 e. The molecule has 0 atom stereocenters. The average molecular weight is 673 g/mol. The Morgan fingerprint density at radius 1 is 0.200 bits per heavy atom. The van der Waals surface area contributed by atoms with Crippen molar-refractivity contribution in [2.24, 2.45) is 0 Å². The summed E-state index contributed by atoms with van der Waals surface area (Å²) in [5.74, 6) is 0. The van der Waals surface area contributed by atoms with Gasteiger partial charge < -0.3 is 21.3 Å². The summed E-state index contributed by atoms with van der Waals surface area (Å²) in [6, 6.07) is 0. The van der Waals surface area contributed by atoms with Gasteiger partial charge in [0.1, 0.15) is 0 Å². The van der Waals surface area contributed by atoms with Crippen LogP contribution in [0.25, 0.3) is 21.3 Å². The van der Waals surface area contributed by atoms with Crippen LogP contribution in [-0.4, -0.2) is 52.4 Å². The van der Waals surface area contributed by atoms with Crippen LogP contribution in [0.1, 0.15) is 209 Å². The van der Waals surface area contributed by atoms with Crippen LogP contribution in [-0.2, 0) is 21.7 Å². The molecule has 0 aliphatic heterocycles. The summed E-state index contributed by atoms with van der Waals surface area (Å²) in [6.45, 7) is 26.6. The van der Waals surface area contributed by atoms with Crippen molar-refractivity contribution < 1.29 is 21.7 Å². The fourth-order valence-corrected chi connectivity index (χ4v) is 4.13. The van der Waals surface area contributed by atoms with E-state index in [0.29, 0.717) is 0 Å². The van der Waals surface area contributed by atoms with E-state index < -0.39 is 0 Å². The Hall–Kier alpha value is 0.554. The van der Waals surface area contributed by atoms with E-state index in [4.69, 9.17) is 0 Å². The van der Waals surface area contributed by atoms with Crippen molar-refractivity contribution in [3.8, 4) is 0 Å². The van der Waals surface area contributed by atoms with Crippen molar-refractivity contribution in [3.63, 3.8) is 0 Å². The van der Waals surface area contributed by atoms with E-state index in [2.05, 4.69) is 76.7 Å². The molecule has 0 aromatic carbocycles. The van der Waals surface area contributed by atoms with E-state index >= 15 is 0 Å². The Morgan fingerprint density at radius 2 is 0.356 bits per heavy atom. The predicted octanol–water partition coefficient (Wildman–Crippen LogP) is 15.0. The van der Waals surface area contributed by atoms with Gasteiger partial charge in [-0.05, 0) is 0 Å². The fourth-order valence-electron chi connectivity index (χ4n) is 4.13. The molecule has 0 saturated carbocycles. The van der Waals surface area contributed by atoms with E-state index in [1.54, 1.807) is 0 Å². The van der Waals surface area contributed by atoms with Crippen molar-refractivity contribution in [1.29, 1.82) is 0 Å². The molecule has 0 rings (SSSR count). The summed E-state index contributed by atoms with van der Waals surface area (Å²) < 4.78 is 0. The van der Waals surface area contributed by atoms with Gasteiger partial charge >= 0.3 is 21.7 Å². The van der Waals surface area contributed by atoms with Crippen LogP contribution in [0, 0.1) is 0 Å². The second-order valence-corrected chi connectivity index (χ2v) is 12.3. The standard InChI is InChI=1S/4C10H22N.Ti/c4*1-3-5-7-8-10-11-9-6-4-2;/h4*3-10H2,1-2H3;/q4*-1;+4. The molecule has 0 aliphatic rings. The zero-order chi connectivity index (χ0) is 33.5. The quantitative estimate of drug-likeness (QED) is 0.0504. The molecule has 0 heterocycles. The van der Waals surface area contributed by atoms with Crippen molar-refractivity contribution in [2.45, 2.75) is 209 Å². The maximum absolute atomic E-state index is 4.43. The molecule has 45 heavy (non-hydrogen) atoms. The largest absolute Gasteiger partial charge is 4.00 e. The van der Waals surface area contributed by atoms with Crippen molar-refractivity contribution in [3.05, 3.63) is 21.3 Å². The van der Waals surface area contributed by atoms with E-state index in [1.165, 1.54) is 154 Å². The Balaban J connectivity index is -0.000000157. The van der Waals surface area contributed by atoms with Gasteiger partial charge in [-0.15, -0.1) is 52.4 Å². The van der Waals surface area contributed by atoms with Crippen LogP contribution < -0.4 is 0 Å². The molecule has 0 unspecified atom stereocenters. The Bertz CT molecular complexity index is 294. The Labute approximate surface area is 303 Å². The zero-order valence-corrected chi connectivity index (χ0v) is 34.5. The minimum absolute atomic E-state index is 0. The summed E-state index contributed by atoms with van der Waals surface area (Å²) in [7, 11) is 0. The topological polar surface area (TPSA) is 56.4 Å². The van der Waals surface area contributed by atoms with Gasteiger partial charge in [-0.1, -0.05) is 209 Å². The molecule has 0 spiro atoms. The summed E-state index contributed by atoms with van der Waals surface area (Å²) in [6.07, 6.45) is 31.7. The summed E-state index contributed by atoms with van der Waals surface area (Å²) >= 11 is 0. The third-order valence-corrected chi connectivity index (χ3v) is 7.36.